The van der Waals surface area contributed by atoms with Gasteiger partial charge in [0.05, 0.1) is 16.3 Å². The van der Waals surface area contributed by atoms with E-state index in [-0.39, 0.29) is 28.8 Å². The summed E-state index contributed by atoms with van der Waals surface area (Å²) in [6, 6.07) is 4.11. The molecule has 1 saturated heterocycles. The lowest BCUT2D eigenvalue weighted by molar-refractivity contribution is -0.116. The summed E-state index contributed by atoms with van der Waals surface area (Å²) < 4.78 is 51.6. The van der Waals surface area contributed by atoms with Crippen LogP contribution in [0.5, 0.6) is 0 Å². The maximum Gasteiger partial charge on any atom is 0.242 e. The van der Waals surface area contributed by atoms with E-state index in [2.05, 4.69) is 4.72 Å². The summed E-state index contributed by atoms with van der Waals surface area (Å²) >= 11 is 0. The van der Waals surface area contributed by atoms with Gasteiger partial charge in [-0.05, 0) is 43.5 Å². The molecule has 0 bridgehead atoms. The molecule has 0 atom stereocenters. The number of hydrogen-bond acceptors (Lipinski definition) is 5. The molecule has 1 aliphatic carbocycles. The molecule has 1 aromatic carbocycles. The summed E-state index contributed by atoms with van der Waals surface area (Å²) in [7, 11) is -7.26. The molecule has 22 heavy (non-hydrogen) atoms. The molecule has 0 spiro atoms. The summed E-state index contributed by atoms with van der Waals surface area (Å²) in [4.78, 5) is 11.9. The minimum absolute atomic E-state index is 0.00962. The molecule has 3 rings (SSSR count). The van der Waals surface area contributed by atoms with Crippen molar-refractivity contribution >= 4 is 31.6 Å². The number of rotatable bonds is 4. The predicted molar refractivity (Wildman–Crippen MR) is 80.4 cm³/mol. The Hall–Kier alpha value is -1.45. The molecule has 2 aliphatic rings. The standard InChI is InChI=1S/C13H16N2O5S2/c1-9-8-11(15-13(16)6-7-21(15,17)18)4-5-12(9)22(19,20)14-10-2-3-10/h4-5,8,10,14H,2-3,6-7H2,1H3. The average molecular weight is 344 g/mol. The molecule has 2 fully saturated rings. The zero-order chi connectivity index (χ0) is 16.1. The third-order valence-electron chi connectivity index (χ3n) is 3.66. The van der Waals surface area contributed by atoms with Crippen molar-refractivity contribution in [1.82, 2.24) is 4.72 Å². The highest BCUT2D eigenvalue weighted by atomic mass is 32.2. The minimum atomic E-state index is -3.64. The van der Waals surface area contributed by atoms with Gasteiger partial charge in [0.15, 0.2) is 0 Å². The lowest BCUT2D eigenvalue weighted by atomic mass is 10.2. The maximum atomic E-state index is 12.2. The van der Waals surface area contributed by atoms with Crippen LogP contribution in [0.1, 0.15) is 24.8 Å². The first-order chi connectivity index (χ1) is 10.2. The zero-order valence-electron chi connectivity index (χ0n) is 11.9. The molecule has 1 aromatic rings. The summed E-state index contributed by atoms with van der Waals surface area (Å²) in [5.74, 6) is -0.708. The second-order valence-corrected chi connectivity index (χ2v) is 9.19. The number of aryl methyl sites for hydroxylation is 1. The van der Waals surface area contributed by atoms with Crippen LogP contribution in [0.15, 0.2) is 23.1 Å². The molecular formula is C13H16N2O5S2. The van der Waals surface area contributed by atoms with E-state index in [4.69, 9.17) is 0 Å². The highest BCUT2D eigenvalue weighted by Gasteiger charge is 2.37. The van der Waals surface area contributed by atoms with Crippen LogP contribution in [0.2, 0.25) is 0 Å². The van der Waals surface area contributed by atoms with Crippen LogP contribution in [-0.4, -0.2) is 34.5 Å². The van der Waals surface area contributed by atoms with Crippen LogP contribution in [0.3, 0.4) is 0 Å². The average Bonchev–Trinajstić information content (AvgIpc) is 3.14. The normalized spacial score (nSPS) is 21.3. The Labute approximate surface area is 129 Å². The molecule has 1 heterocycles. The van der Waals surface area contributed by atoms with Gasteiger partial charge in [-0.25, -0.2) is 25.9 Å². The Balaban J connectivity index is 1.97. The van der Waals surface area contributed by atoms with Gasteiger partial charge in [0, 0.05) is 12.5 Å². The number of nitrogens with zero attached hydrogens (tertiary/aromatic N) is 1. The van der Waals surface area contributed by atoms with Crippen LogP contribution in [0.4, 0.5) is 5.69 Å². The van der Waals surface area contributed by atoms with Crippen molar-refractivity contribution in [2.45, 2.75) is 37.1 Å². The van der Waals surface area contributed by atoms with E-state index in [0.29, 0.717) is 5.56 Å². The van der Waals surface area contributed by atoms with Crippen LogP contribution in [-0.2, 0) is 24.8 Å². The molecule has 1 amide bonds. The van der Waals surface area contributed by atoms with Crippen molar-refractivity contribution in [1.29, 1.82) is 0 Å². The van der Waals surface area contributed by atoms with Gasteiger partial charge in [-0.1, -0.05) is 0 Å². The molecule has 1 aliphatic heterocycles. The minimum Gasteiger partial charge on any atom is -0.273 e. The fourth-order valence-electron chi connectivity index (χ4n) is 2.41. The van der Waals surface area contributed by atoms with Crippen molar-refractivity contribution in [3.8, 4) is 0 Å². The Kier molecular flexibility index (Phi) is 3.54. The van der Waals surface area contributed by atoms with Gasteiger partial charge in [0.1, 0.15) is 0 Å². The summed E-state index contributed by atoms with van der Waals surface area (Å²) in [6.07, 6.45) is 1.61. The second kappa shape index (κ2) is 5.04. The molecule has 0 unspecified atom stereocenters. The fraction of sp³-hybridized carbons (Fsp3) is 0.462. The first-order valence-corrected chi connectivity index (χ1v) is 9.99. The third kappa shape index (κ3) is 2.75. The van der Waals surface area contributed by atoms with E-state index in [0.717, 1.165) is 17.1 Å². The zero-order valence-corrected chi connectivity index (χ0v) is 13.6. The molecular weight excluding hydrogens is 328 g/mol. The Morgan fingerprint density at radius 1 is 1.27 bits per heavy atom. The third-order valence-corrected chi connectivity index (χ3v) is 7.03. The van der Waals surface area contributed by atoms with E-state index < -0.39 is 26.0 Å². The van der Waals surface area contributed by atoms with Gasteiger partial charge in [0.2, 0.25) is 26.0 Å². The second-order valence-electron chi connectivity index (χ2n) is 5.57. The molecule has 0 aromatic heterocycles. The number of anilines is 1. The monoisotopic (exact) mass is 344 g/mol. The van der Waals surface area contributed by atoms with E-state index >= 15 is 0 Å². The van der Waals surface area contributed by atoms with Crippen molar-refractivity contribution in [2.75, 3.05) is 10.1 Å². The van der Waals surface area contributed by atoms with Gasteiger partial charge in [-0.3, -0.25) is 4.79 Å². The number of benzene rings is 1. The molecule has 0 radical (unpaired) electrons. The molecule has 120 valence electrons. The lowest BCUT2D eigenvalue weighted by Crippen LogP contribution is -2.30. The highest BCUT2D eigenvalue weighted by Crippen LogP contribution is 2.29. The Morgan fingerprint density at radius 2 is 1.95 bits per heavy atom. The maximum absolute atomic E-state index is 12.2. The van der Waals surface area contributed by atoms with Crippen molar-refractivity contribution in [3.63, 3.8) is 0 Å². The molecule has 9 heteroatoms. The van der Waals surface area contributed by atoms with E-state index in [1.54, 1.807) is 6.92 Å². The van der Waals surface area contributed by atoms with Gasteiger partial charge in [0.25, 0.3) is 0 Å². The number of sulfonamides is 2. The van der Waals surface area contributed by atoms with Gasteiger partial charge in [-0.15, -0.1) is 0 Å². The van der Waals surface area contributed by atoms with Crippen LogP contribution in [0, 0.1) is 6.92 Å². The number of carbonyl (C=O) groups is 1. The Bertz CT molecular complexity index is 841. The van der Waals surface area contributed by atoms with E-state index in [9.17, 15) is 21.6 Å². The van der Waals surface area contributed by atoms with Crippen molar-refractivity contribution in [2.24, 2.45) is 0 Å². The van der Waals surface area contributed by atoms with Crippen molar-refractivity contribution in [3.05, 3.63) is 23.8 Å². The lowest BCUT2D eigenvalue weighted by Gasteiger charge is -2.17. The van der Waals surface area contributed by atoms with Crippen LogP contribution in [0.25, 0.3) is 0 Å². The molecule has 7 nitrogen and oxygen atoms in total. The Morgan fingerprint density at radius 3 is 2.45 bits per heavy atom. The number of amides is 1. The number of carbonyl (C=O) groups excluding carboxylic acids is 1. The van der Waals surface area contributed by atoms with Gasteiger partial charge >= 0.3 is 0 Å². The van der Waals surface area contributed by atoms with Gasteiger partial charge < -0.3 is 0 Å². The van der Waals surface area contributed by atoms with Crippen molar-refractivity contribution < 1.29 is 21.6 Å². The smallest absolute Gasteiger partial charge is 0.242 e. The number of nitrogens with one attached hydrogen (secondary N) is 1. The van der Waals surface area contributed by atoms with Crippen LogP contribution < -0.4 is 9.03 Å². The summed E-state index contributed by atoms with van der Waals surface area (Å²) in [5.41, 5.74) is 0.589. The van der Waals surface area contributed by atoms with E-state index in [1.165, 1.54) is 18.2 Å². The highest BCUT2D eigenvalue weighted by molar-refractivity contribution is 7.94. The van der Waals surface area contributed by atoms with E-state index in [1.807, 2.05) is 0 Å². The quantitative estimate of drug-likeness (QED) is 0.857. The summed E-state index contributed by atoms with van der Waals surface area (Å²) in [6.45, 7) is 1.58. The number of hydrogen-bond donors (Lipinski definition) is 1. The first-order valence-electron chi connectivity index (χ1n) is 6.89. The largest absolute Gasteiger partial charge is 0.273 e. The topological polar surface area (TPSA) is 101 Å². The van der Waals surface area contributed by atoms with Gasteiger partial charge in [-0.2, -0.15) is 0 Å². The van der Waals surface area contributed by atoms with Crippen LogP contribution >= 0.6 is 0 Å². The summed E-state index contributed by atoms with van der Waals surface area (Å²) in [5, 5.41) is 0. The SMILES string of the molecule is Cc1cc(N2C(=O)CCS2(=O)=O)ccc1S(=O)(=O)NC1CC1. The fourth-order valence-corrected chi connectivity index (χ4v) is 5.40. The molecule has 1 N–H and O–H groups in total. The first kappa shape index (κ1) is 15.4. The predicted octanol–water partition coefficient (Wildman–Crippen LogP) is 0.502. The molecule has 1 saturated carbocycles.